The zero-order valence-corrected chi connectivity index (χ0v) is 14.0. The lowest BCUT2D eigenvalue weighted by Gasteiger charge is -2.29. The minimum atomic E-state index is -0.562. The van der Waals surface area contributed by atoms with Crippen LogP contribution in [0.25, 0.3) is 0 Å². The van der Waals surface area contributed by atoms with Gasteiger partial charge < -0.3 is 20.1 Å². The van der Waals surface area contributed by atoms with Crippen molar-refractivity contribution in [2.45, 2.75) is 39.3 Å². The summed E-state index contributed by atoms with van der Waals surface area (Å²) in [6.07, 6.45) is 0.184. The van der Waals surface area contributed by atoms with Crippen molar-refractivity contribution in [1.29, 1.82) is 0 Å². The Labute approximate surface area is 135 Å². The Morgan fingerprint density at radius 1 is 1.39 bits per heavy atom. The Hall–Kier alpha value is -2.09. The van der Waals surface area contributed by atoms with E-state index in [4.69, 9.17) is 9.84 Å². The molecule has 2 rings (SSSR count). The molecule has 1 aliphatic rings. The van der Waals surface area contributed by atoms with Crippen LogP contribution in [0.3, 0.4) is 0 Å². The van der Waals surface area contributed by atoms with Gasteiger partial charge in [0.05, 0.1) is 18.8 Å². The average molecular weight is 324 g/mol. The van der Waals surface area contributed by atoms with Crippen molar-refractivity contribution in [3.63, 3.8) is 0 Å². The molecule has 1 aromatic rings. The quantitative estimate of drug-likeness (QED) is 0.841. The second kappa shape index (κ2) is 6.57. The summed E-state index contributed by atoms with van der Waals surface area (Å²) in [4.78, 5) is 26.1. The first-order chi connectivity index (χ1) is 10.7. The molecular formula is C15H24N4O4. The van der Waals surface area contributed by atoms with Gasteiger partial charge in [-0.05, 0) is 20.8 Å². The lowest BCUT2D eigenvalue weighted by Crippen LogP contribution is -2.40. The number of nitrogens with zero attached hydrogens (tertiary/aromatic N) is 3. The summed E-state index contributed by atoms with van der Waals surface area (Å²) >= 11 is 0. The van der Waals surface area contributed by atoms with Crippen LogP contribution in [0.1, 0.15) is 42.5 Å². The molecule has 0 aromatic carbocycles. The normalized spacial score (nSPS) is 14.4. The van der Waals surface area contributed by atoms with E-state index in [9.17, 15) is 9.59 Å². The highest BCUT2D eigenvalue weighted by Crippen LogP contribution is 2.23. The lowest BCUT2D eigenvalue weighted by atomic mass is 10.1. The third kappa shape index (κ3) is 4.01. The van der Waals surface area contributed by atoms with Crippen LogP contribution >= 0.6 is 0 Å². The van der Waals surface area contributed by atoms with Crippen LogP contribution in [0.4, 0.5) is 4.79 Å². The number of fused-ring (bicyclic) bond motifs is 1. The van der Waals surface area contributed by atoms with Gasteiger partial charge in [-0.2, -0.15) is 5.10 Å². The minimum absolute atomic E-state index is 0.129. The molecule has 0 bridgehead atoms. The fraction of sp³-hybridized carbons (Fsp3) is 0.667. The Morgan fingerprint density at radius 3 is 2.70 bits per heavy atom. The highest BCUT2D eigenvalue weighted by molar-refractivity contribution is 5.94. The van der Waals surface area contributed by atoms with Crippen molar-refractivity contribution < 1.29 is 19.4 Å². The largest absolute Gasteiger partial charge is 0.444 e. The number of carbonyl (C=O) groups excluding carboxylic acids is 2. The maximum atomic E-state index is 12.2. The standard InChI is InChI=1S/C15H24N4O4/c1-15(2,3)23-14(22)19-7-5-11-10(9-19)12(18(4)17-11)13(21)16-6-8-20/h20H,5-9H2,1-4H3,(H,16,21). The lowest BCUT2D eigenvalue weighted by molar-refractivity contribution is 0.0222. The fourth-order valence-electron chi connectivity index (χ4n) is 2.52. The molecule has 0 saturated carbocycles. The van der Waals surface area contributed by atoms with Gasteiger partial charge in [0, 0.05) is 32.1 Å². The predicted molar refractivity (Wildman–Crippen MR) is 83.0 cm³/mol. The molecule has 0 saturated heterocycles. The number of carbonyl (C=O) groups is 2. The third-order valence-corrected chi connectivity index (χ3v) is 3.46. The van der Waals surface area contributed by atoms with Crippen molar-refractivity contribution >= 4 is 12.0 Å². The number of ether oxygens (including phenoxy) is 1. The summed E-state index contributed by atoms with van der Waals surface area (Å²) in [6, 6.07) is 0. The summed E-state index contributed by atoms with van der Waals surface area (Å²) in [5, 5.41) is 15.8. The minimum Gasteiger partial charge on any atom is -0.444 e. The Kier molecular flexibility index (Phi) is 4.93. The molecule has 128 valence electrons. The molecule has 2 amide bonds. The van der Waals surface area contributed by atoms with Gasteiger partial charge in [0.2, 0.25) is 0 Å². The number of aliphatic hydroxyl groups excluding tert-OH is 1. The third-order valence-electron chi connectivity index (χ3n) is 3.46. The summed E-state index contributed by atoms with van der Waals surface area (Å²) in [7, 11) is 1.70. The number of nitrogens with one attached hydrogen (secondary N) is 1. The van der Waals surface area contributed by atoms with E-state index in [1.165, 1.54) is 4.68 Å². The Balaban J connectivity index is 2.19. The molecular weight excluding hydrogens is 300 g/mol. The van der Waals surface area contributed by atoms with Crippen LogP contribution in [-0.4, -0.2) is 57.1 Å². The number of hydrogen-bond donors (Lipinski definition) is 2. The molecule has 0 aliphatic carbocycles. The molecule has 1 aliphatic heterocycles. The molecule has 0 unspecified atom stereocenters. The predicted octanol–water partition coefficient (Wildman–Crippen LogP) is 0.435. The Bertz CT molecular complexity index is 603. The van der Waals surface area contributed by atoms with Gasteiger partial charge in [0.1, 0.15) is 11.3 Å². The summed E-state index contributed by atoms with van der Waals surface area (Å²) in [6.45, 7) is 6.30. The van der Waals surface area contributed by atoms with Crippen molar-refractivity contribution in [1.82, 2.24) is 20.0 Å². The number of aryl methyl sites for hydroxylation is 1. The fourth-order valence-corrected chi connectivity index (χ4v) is 2.52. The maximum Gasteiger partial charge on any atom is 0.410 e. The zero-order valence-electron chi connectivity index (χ0n) is 14.0. The molecule has 0 spiro atoms. The molecule has 1 aromatic heterocycles. The van der Waals surface area contributed by atoms with Crippen LogP contribution in [0.15, 0.2) is 0 Å². The number of hydrogen-bond acceptors (Lipinski definition) is 5. The van der Waals surface area contributed by atoms with Gasteiger partial charge in [0.25, 0.3) is 5.91 Å². The molecule has 2 heterocycles. The second-order valence-corrected chi connectivity index (χ2v) is 6.53. The van der Waals surface area contributed by atoms with Crippen LogP contribution in [0.2, 0.25) is 0 Å². The van der Waals surface area contributed by atoms with Gasteiger partial charge in [-0.1, -0.05) is 0 Å². The topological polar surface area (TPSA) is 96.7 Å². The van der Waals surface area contributed by atoms with Gasteiger partial charge in [0.15, 0.2) is 0 Å². The number of aromatic nitrogens is 2. The van der Waals surface area contributed by atoms with Gasteiger partial charge >= 0.3 is 6.09 Å². The van der Waals surface area contributed by atoms with Crippen LogP contribution in [0.5, 0.6) is 0 Å². The first-order valence-corrected chi connectivity index (χ1v) is 7.64. The van der Waals surface area contributed by atoms with Gasteiger partial charge in [-0.25, -0.2) is 4.79 Å². The van der Waals surface area contributed by atoms with Crippen LogP contribution in [0, 0.1) is 0 Å². The van der Waals surface area contributed by atoms with Crippen molar-refractivity contribution in [2.75, 3.05) is 19.7 Å². The van der Waals surface area contributed by atoms with E-state index < -0.39 is 11.7 Å². The maximum absolute atomic E-state index is 12.2. The highest BCUT2D eigenvalue weighted by atomic mass is 16.6. The zero-order chi connectivity index (χ0) is 17.2. The molecule has 2 N–H and O–H groups in total. The van der Waals surface area contributed by atoms with Crippen LogP contribution < -0.4 is 5.32 Å². The van der Waals surface area contributed by atoms with E-state index in [0.717, 1.165) is 11.3 Å². The van der Waals surface area contributed by atoms with Gasteiger partial charge in [-0.15, -0.1) is 0 Å². The highest BCUT2D eigenvalue weighted by Gasteiger charge is 2.31. The van der Waals surface area contributed by atoms with E-state index in [1.807, 2.05) is 20.8 Å². The van der Waals surface area contributed by atoms with Crippen molar-refractivity contribution in [2.24, 2.45) is 7.05 Å². The molecule has 0 radical (unpaired) electrons. The number of rotatable bonds is 3. The summed E-state index contributed by atoms with van der Waals surface area (Å²) < 4.78 is 6.91. The molecule has 8 heteroatoms. The van der Waals surface area contributed by atoms with E-state index in [1.54, 1.807) is 11.9 Å². The molecule has 0 atom stereocenters. The van der Waals surface area contributed by atoms with E-state index in [-0.39, 0.29) is 19.1 Å². The number of aliphatic hydroxyl groups is 1. The first kappa shape index (κ1) is 17.3. The summed E-state index contributed by atoms with van der Waals surface area (Å²) in [5.74, 6) is -0.304. The summed E-state index contributed by atoms with van der Waals surface area (Å²) in [5.41, 5.74) is 1.41. The van der Waals surface area contributed by atoms with E-state index >= 15 is 0 Å². The monoisotopic (exact) mass is 324 g/mol. The Morgan fingerprint density at radius 2 is 2.09 bits per heavy atom. The SMILES string of the molecule is Cn1nc2c(c1C(=O)NCCO)CN(C(=O)OC(C)(C)C)CC2. The van der Waals surface area contributed by atoms with Crippen LogP contribution in [-0.2, 0) is 24.8 Å². The van der Waals surface area contributed by atoms with Crippen molar-refractivity contribution in [3.8, 4) is 0 Å². The second-order valence-electron chi connectivity index (χ2n) is 6.53. The number of amides is 2. The van der Waals surface area contributed by atoms with E-state index in [2.05, 4.69) is 10.4 Å². The molecule has 8 nitrogen and oxygen atoms in total. The van der Waals surface area contributed by atoms with Crippen molar-refractivity contribution in [3.05, 3.63) is 17.0 Å². The smallest absolute Gasteiger partial charge is 0.410 e. The average Bonchev–Trinajstić information content (AvgIpc) is 2.77. The van der Waals surface area contributed by atoms with E-state index in [0.29, 0.717) is 25.2 Å². The van der Waals surface area contributed by atoms with Gasteiger partial charge in [-0.3, -0.25) is 9.48 Å². The first-order valence-electron chi connectivity index (χ1n) is 7.64. The molecule has 23 heavy (non-hydrogen) atoms. The molecule has 0 fully saturated rings.